The summed E-state index contributed by atoms with van der Waals surface area (Å²) in [5.41, 5.74) is 1.25. The third kappa shape index (κ3) is 5.07. The van der Waals surface area contributed by atoms with E-state index >= 15 is 0 Å². The van der Waals surface area contributed by atoms with Gasteiger partial charge in [0.1, 0.15) is 5.82 Å². The Balaban J connectivity index is 0.00000110. The molecular weight excluding hydrogens is 378 g/mol. The molecule has 1 aliphatic heterocycles. The Labute approximate surface area is 146 Å². The van der Waals surface area contributed by atoms with Crippen molar-refractivity contribution in [3.05, 3.63) is 34.1 Å². The number of halogens is 4. The maximum atomic E-state index is 13.3. The molecule has 1 saturated carbocycles. The van der Waals surface area contributed by atoms with Crippen LogP contribution in [0.4, 0.5) is 4.39 Å². The lowest BCUT2D eigenvalue weighted by molar-refractivity contribution is 0.160. The molecule has 2 nitrogen and oxygen atoms in total. The molecular formula is C15H22BrCl2FN2. The number of rotatable bonds is 4. The summed E-state index contributed by atoms with van der Waals surface area (Å²) in [5.74, 6) is 0.706. The van der Waals surface area contributed by atoms with Crippen molar-refractivity contribution in [1.29, 1.82) is 0 Å². The molecule has 0 radical (unpaired) electrons. The highest BCUT2D eigenvalue weighted by molar-refractivity contribution is 9.10. The SMILES string of the molecule is Cl.Cl.Fc1ccc([C@@H](CC2CC2)N2CCNCC2)c(Br)c1. The average molecular weight is 400 g/mol. The molecule has 120 valence electrons. The van der Waals surface area contributed by atoms with Gasteiger partial charge in [0.2, 0.25) is 0 Å². The summed E-state index contributed by atoms with van der Waals surface area (Å²) in [5, 5.41) is 3.40. The Bertz CT molecular complexity index is 451. The summed E-state index contributed by atoms with van der Waals surface area (Å²) in [6, 6.07) is 5.57. The third-order valence-electron chi connectivity index (χ3n) is 4.17. The minimum Gasteiger partial charge on any atom is -0.314 e. The molecule has 0 bridgehead atoms. The zero-order valence-corrected chi connectivity index (χ0v) is 15.1. The quantitative estimate of drug-likeness (QED) is 0.816. The fraction of sp³-hybridized carbons (Fsp3) is 0.600. The molecule has 21 heavy (non-hydrogen) atoms. The Morgan fingerprint density at radius 2 is 1.90 bits per heavy atom. The Morgan fingerprint density at radius 1 is 1.24 bits per heavy atom. The van der Waals surface area contributed by atoms with E-state index in [4.69, 9.17) is 0 Å². The van der Waals surface area contributed by atoms with E-state index < -0.39 is 0 Å². The van der Waals surface area contributed by atoms with Crippen molar-refractivity contribution in [3.63, 3.8) is 0 Å². The van der Waals surface area contributed by atoms with Crippen LogP contribution in [-0.2, 0) is 0 Å². The van der Waals surface area contributed by atoms with Gasteiger partial charge in [-0.05, 0) is 30.0 Å². The lowest BCUT2D eigenvalue weighted by atomic mass is 9.98. The van der Waals surface area contributed by atoms with Gasteiger partial charge < -0.3 is 5.32 Å². The van der Waals surface area contributed by atoms with Crippen LogP contribution in [0, 0.1) is 11.7 Å². The van der Waals surface area contributed by atoms with Crippen LogP contribution >= 0.6 is 40.7 Å². The topological polar surface area (TPSA) is 15.3 Å². The van der Waals surface area contributed by atoms with Gasteiger partial charge in [-0.2, -0.15) is 0 Å². The fourth-order valence-corrected chi connectivity index (χ4v) is 3.52. The van der Waals surface area contributed by atoms with Crippen molar-refractivity contribution in [2.24, 2.45) is 5.92 Å². The predicted octanol–water partition coefficient (Wildman–Crippen LogP) is 4.18. The van der Waals surface area contributed by atoms with Crippen molar-refractivity contribution in [2.75, 3.05) is 26.2 Å². The first kappa shape index (κ1) is 19.2. The highest BCUT2D eigenvalue weighted by Gasteiger charge is 2.31. The van der Waals surface area contributed by atoms with Gasteiger partial charge in [-0.1, -0.05) is 34.8 Å². The summed E-state index contributed by atoms with van der Waals surface area (Å²) in [6.07, 6.45) is 3.94. The minimum atomic E-state index is -0.166. The lowest BCUT2D eigenvalue weighted by Crippen LogP contribution is -2.45. The molecule has 2 fully saturated rings. The van der Waals surface area contributed by atoms with E-state index in [9.17, 15) is 4.39 Å². The zero-order valence-electron chi connectivity index (χ0n) is 11.9. The second-order valence-electron chi connectivity index (χ2n) is 5.65. The van der Waals surface area contributed by atoms with E-state index in [1.165, 1.54) is 24.8 Å². The molecule has 1 aliphatic carbocycles. The molecule has 1 N–H and O–H groups in total. The molecule has 0 amide bonds. The van der Waals surface area contributed by atoms with Gasteiger partial charge in [-0.3, -0.25) is 4.90 Å². The number of benzene rings is 1. The van der Waals surface area contributed by atoms with Gasteiger partial charge in [-0.25, -0.2) is 4.39 Å². The minimum absolute atomic E-state index is 0. The van der Waals surface area contributed by atoms with Crippen LogP contribution in [0.25, 0.3) is 0 Å². The van der Waals surface area contributed by atoms with E-state index in [0.717, 1.165) is 36.6 Å². The smallest absolute Gasteiger partial charge is 0.124 e. The van der Waals surface area contributed by atoms with Crippen molar-refractivity contribution >= 4 is 40.7 Å². The Kier molecular flexibility index (Phi) is 7.93. The van der Waals surface area contributed by atoms with Gasteiger partial charge in [-0.15, -0.1) is 24.8 Å². The van der Waals surface area contributed by atoms with Crippen LogP contribution in [0.1, 0.15) is 30.9 Å². The first-order valence-electron chi connectivity index (χ1n) is 7.14. The first-order valence-corrected chi connectivity index (χ1v) is 7.93. The summed E-state index contributed by atoms with van der Waals surface area (Å²) in [6.45, 7) is 4.28. The van der Waals surface area contributed by atoms with E-state index in [-0.39, 0.29) is 30.6 Å². The molecule has 6 heteroatoms. The summed E-state index contributed by atoms with van der Waals surface area (Å²) in [7, 11) is 0. The molecule has 1 heterocycles. The first-order chi connectivity index (χ1) is 9.24. The van der Waals surface area contributed by atoms with E-state index in [2.05, 4.69) is 26.1 Å². The number of nitrogens with zero attached hydrogens (tertiary/aromatic N) is 1. The highest BCUT2D eigenvalue weighted by atomic mass is 79.9. The van der Waals surface area contributed by atoms with Gasteiger partial charge in [0.15, 0.2) is 0 Å². The summed E-state index contributed by atoms with van der Waals surface area (Å²) >= 11 is 3.54. The molecule has 1 aromatic rings. The molecule has 1 saturated heterocycles. The molecule has 0 unspecified atom stereocenters. The highest BCUT2D eigenvalue weighted by Crippen LogP contribution is 2.41. The van der Waals surface area contributed by atoms with Crippen LogP contribution in [-0.4, -0.2) is 31.1 Å². The van der Waals surface area contributed by atoms with Crippen LogP contribution in [0.2, 0.25) is 0 Å². The van der Waals surface area contributed by atoms with E-state index in [1.54, 1.807) is 12.1 Å². The maximum absolute atomic E-state index is 13.3. The normalized spacial score (nSPS) is 20.3. The van der Waals surface area contributed by atoms with E-state index in [0.29, 0.717) is 6.04 Å². The zero-order chi connectivity index (χ0) is 13.2. The largest absolute Gasteiger partial charge is 0.314 e. The maximum Gasteiger partial charge on any atom is 0.124 e. The van der Waals surface area contributed by atoms with E-state index in [1.807, 2.05) is 6.07 Å². The second kappa shape index (κ2) is 8.68. The van der Waals surface area contributed by atoms with Crippen molar-refractivity contribution in [1.82, 2.24) is 10.2 Å². The van der Waals surface area contributed by atoms with Crippen molar-refractivity contribution in [2.45, 2.75) is 25.3 Å². The van der Waals surface area contributed by atoms with Crippen molar-refractivity contribution in [3.8, 4) is 0 Å². The predicted molar refractivity (Wildman–Crippen MR) is 93.1 cm³/mol. The van der Waals surface area contributed by atoms with Crippen molar-refractivity contribution < 1.29 is 4.39 Å². The van der Waals surface area contributed by atoms with Crippen LogP contribution < -0.4 is 5.32 Å². The fourth-order valence-electron chi connectivity index (χ4n) is 2.91. The van der Waals surface area contributed by atoms with Crippen LogP contribution in [0.5, 0.6) is 0 Å². The Hall–Kier alpha value is 0.130. The molecule has 2 aliphatic rings. The standard InChI is InChI=1S/C15H20BrFN2.2ClH/c16-14-10-12(17)3-4-13(14)15(9-11-1-2-11)19-7-5-18-6-8-19;;/h3-4,10-11,15,18H,1-2,5-9H2;2*1H/t15-;;/m1../s1. The third-order valence-corrected chi connectivity index (χ3v) is 4.85. The van der Waals surface area contributed by atoms with Crippen LogP contribution in [0.15, 0.2) is 22.7 Å². The number of nitrogens with one attached hydrogen (secondary N) is 1. The van der Waals surface area contributed by atoms with Gasteiger partial charge in [0.25, 0.3) is 0 Å². The molecule has 0 aromatic heterocycles. The number of hydrogen-bond donors (Lipinski definition) is 1. The molecule has 3 rings (SSSR count). The van der Waals surface area contributed by atoms with Gasteiger partial charge in [0, 0.05) is 36.7 Å². The van der Waals surface area contributed by atoms with Gasteiger partial charge >= 0.3 is 0 Å². The second-order valence-corrected chi connectivity index (χ2v) is 6.50. The molecule has 0 spiro atoms. The molecule has 1 aromatic carbocycles. The average Bonchev–Trinajstić information content (AvgIpc) is 3.22. The van der Waals surface area contributed by atoms with Crippen LogP contribution in [0.3, 0.4) is 0 Å². The monoisotopic (exact) mass is 398 g/mol. The Morgan fingerprint density at radius 3 is 2.48 bits per heavy atom. The summed E-state index contributed by atoms with van der Waals surface area (Å²) < 4.78 is 14.2. The molecule has 1 atom stereocenters. The van der Waals surface area contributed by atoms with Gasteiger partial charge in [0.05, 0.1) is 0 Å². The number of hydrogen-bond acceptors (Lipinski definition) is 2. The lowest BCUT2D eigenvalue weighted by Gasteiger charge is -2.36. The number of piperazine rings is 1. The summed E-state index contributed by atoms with van der Waals surface area (Å²) in [4.78, 5) is 2.55.